The molecular formula is C16H19N3. The first-order valence-electron chi connectivity index (χ1n) is 6.30. The summed E-state index contributed by atoms with van der Waals surface area (Å²) in [5.41, 5.74) is 3.07. The van der Waals surface area contributed by atoms with Gasteiger partial charge in [0, 0.05) is 18.3 Å². The molecule has 1 aromatic carbocycles. The van der Waals surface area contributed by atoms with Crippen molar-refractivity contribution in [2.24, 2.45) is 4.99 Å². The van der Waals surface area contributed by atoms with Gasteiger partial charge < -0.3 is 10.2 Å². The molecule has 1 N–H and O–H groups in total. The van der Waals surface area contributed by atoms with E-state index in [1.807, 2.05) is 31.6 Å². The van der Waals surface area contributed by atoms with E-state index in [1.54, 1.807) is 6.08 Å². The number of aliphatic imine (C=N–C) groups is 1. The summed E-state index contributed by atoms with van der Waals surface area (Å²) in [5.74, 6) is 0.802. The summed E-state index contributed by atoms with van der Waals surface area (Å²) in [4.78, 5) is 6.48. The van der Waals surface area contributed by atoms with Gasteiger partial charge in [0.05, 0.1) is 12.4 Å². The molecule has 0 saturated carbocycles. The molecule has 0 saturated heterocycles. The van der Waals surface area contributed by atoms with Crippen molar-refractivity contribution in [1.29, 1.82) is 0 Å². The monoisotopic (exact) mass is 253 g/mol. The van der Waals surface area contributed by atoms with Crippen molar-refractivity contribution in [3.05, 3.63) is 72.2 Å². The van der Waals surface area contributed by atoms with E-state index >= 15 is 0 Å². The van der Waals surface area contributed by atoms with Crippen LogP contribution in [0.5, 0.6) is 0 Å². The second-order valence-corrected chi connectivity index (χ2v) is 4.40. The molecule has 0 spiro atoms. The largest absolute Gasteiger partial charge is 0.373 e. The van der Waals surface area contributed by atoms with Crippen molar-refractivity contribution in [2.75, 3.05) is 7.05 Å². The molecule has 19 heavy (non-hydrogen) atoms. The highest BCUT2D eigenvalue weighted by Gasteiger charge is 2.22. The van der Waals surface area contributed by atoms with Gasteiger partial charge in [0.15, 0.2) is 0 Å². The van der Waals surface area contributed by atoms with Crippen molar-refractivity contribution < 1.29 is 0 Å². The van der Waals surface area contributed by atoms with Crippen molar-refractivity contribution in [3.8, 4) is 0 Å². The van der Waals surface area contributed by atoms with Gasteiger partial charge in [-0.15, -0.1) is 0 Å². The number of hydrogen-bond donors (Lipinski definition) is 1. The fraction of sp³-hybridized carbons (Fsp3) is 0.188. The molecule has 0 radical (unpaired) electrons. The van der Waals surface area contributed by atoms with Crippen LogP contribution >= 0.6 is 0 Å². The van der Waals surface area contributed by atoms with Gasteiger partial charge in [-0.25, -0.2) is 4.99 Å². The van der Waals surface area contributed by atoms with E-state index in [0.717, 1.165) is 17.1 Å². The number of nitrogens with one attached hydrogen (secondary N) is 1. The average molecular weight is 253 g/mol. The second-order valence-electron chi connectivity index (χ2n) is 4.40. The van der Waals surface area contributed by atoms with E-state index in [9.17, 15) is 0 Å². The number of allylic oxidation sites excluding steroid dienone is 1. The van der Waals surface area contributed by atoms with E-state index in [1.165, 1.54) is 5.56 Å². The summed E-state index contributed by atoms with van der Waals surface area (Å²) >= 11 is 0. The number of rotatable bonds is 4. The normalized spacial score (nSPS) is 16.5. The van der Waals surface area contributed by atoms with Gasteiger partial charge in [-0.2, -0.15) is 0 Å². The van der Waals surface area contributed by atoms with Crippen molar-refractivity contribution in [2.45, 2.75) is 13.0 Å². The molecule has 0 aromatic heterocycles. The molecule has 2 rings (SSSR count). The van der Waals surface area contributed by atoms with Crippen LogP contribution in [0.2, 0.25) is 0 Å². The first-order valence-corrected chi connectivity index (χ1v) is 6.30. The average Bonchev–Trinajstić information content (AvgIpc) is 2.47. The lowest BCUT2D eigenvalue weighted by Crippen LogP contribution is -2.29. The molecule has 1 heterocycles. The summed E-state index contributed by atoms with van der Waals surface area (Å²) in [6, 6.07) is 10.5. The molecule has 0 fully saturated rings. The van der Waals surface area contributed by atoms with Gasteiger partial charge >= 0.3 is 0 Å². The van der Waals surface area contributed by atoms with Crippen molar-refractivity contribution >= 4 is 6.34 Å². The van der Waals surface area contributed by atoms with Crippen LogP contribution in [0.1, 0.15) is 18.5 Å². The highest BCUT2D eigenvalue weighted by atomic mass is 15.2. The fourth-order valence-corrected chi connectivity index (χ4v) is 2.17. The molecule has 3 heteroatoms. The summed E-state index contributed by atoms with van der Waals surface area (Å²) < 4.78 is 0. The Morgan fingerprint density at radius 2 is 2.00 bits per heavy atom. The highest BCUT2D eigenvalue weighted by molar-refractivity contribution is 5.67. The lowest BCUT2D eigenvalue weighted by molar-refractivity contribution is 0.424. The molecule has 98 valence electrons. The Kier molecular flexibility index (Phi) is 3.85. The zero-order valence-electron chi connectivity index (χ0n) is 11.4. The molecule has 1 aliphatic rings. The third kappa shape index (κ3) is 2.45. The van der Waals surface area contributed by atoms with E-state index in [4.69, 9.17) is 0 Å². The Bertz CT molecular complexity index is 540. The van der Waals surface area contributed by atoms with Gasteiger partial charge in [-0.3, -0.25) is 0 Å². The molecule has 3 nitrogen and oxygen atoms in total. The smallest absolute Gasteiger partial charge is 0.136 e. The lowest BCUT2D eigenvalue weighted by Gasteiger charge is -2.32. The quantitative estimate of drug-likeness (QED) is 0.892. The van der Waals surface area contributed by atoms with Crippen LogP contribution in [0.4, 0.5) is 0 Å². The van der Waals surface area contributed by atoms with Crippen LogP contribution < -0.4 is 5.32 Å². The van der Waals surface area contributed by atoms with Gasteiger partial charge in [0.2, 0.25) is 0 Å². The van der Waals surface area contributed by atoms with E-state index in [0.29, 0.717) is 0 Å². The minimum atomic E-state index is 0.186. The van der Waals surface area contributed by atoms with Gasteiger partial charge in [-0.1, -0.05) is 49.6 Å². The second kappa shape index (κ2) is 5.57. The molecule has 1 aliphatic heterocycles. The zero-order chi connectivity index (χ0) is 13.8. The lowest BCUT2D eigenvalue weighted by atomic mass is 10.0. The van der Waals surface area contributed by atoms with Crippen LogP contribution in [-0.2, 0) is 0 Å². The number of benzene rings is 1. The third-order valence-electron chi connectivity index (χ3n) is 3.33. The summed E-state index contributed by atoms with van der Waals surface area (Å²) in [7, 11) is 1.85. The van der Waals surface area contributed by atoms with E-state index in [2.05, 4.69) is 47.4 Å². The first-order chi connectivity index (χ1) is 9.19. The van der Waals surface area contributed by atoms with Crippen LogP contribution in [0.25, 0.3) is 0 Å². The Balaban J connectivity index is 2.30. The minimum absolute atomic E-state index is 0.186. The van der Waals surface area contributed by atoms with Crippen molar-refractivity contribution in [3.63, 3.8) is 0 Å². The Labute approximate surface area is 114 Å². The number of nitrogens with zero attached hydrogens (tertiary/aromatic N) is 2. The molecule has 1 aromatic rings. The maximum atomic E-state index is 4.42. The third-order valence-corrected chi connectivity index (χ3v) is 3.33. The van der Waals surface area contributed by atoms with E-state index in [-0.39, 0.29) is 6.04 Å². The first kappa shape index (κ1) is 13.1. The summed E-state index contributed by atoms with van der Waals surface area (Å²) in [6.45, 7) is 10.1. The van der Waals surface area contributed by atoms with Gasteiger partial charge in [0.1, 0.15) is 5.82 Å². The highest BCUT2D eigenvalue weighted by Crippen LogP contribution is 2.29. The van der Waals surface area contributed by atoms with Crippen LogP contribution in [0.15, 0.2) is 71.6 Å². The SMILES string of the molecule is C=CC1=C(NC)N=CN(C(C)c2ccccc2)C1=C. The molecule has 0 aliphatic carbocycles. The Morgan fingerprint density at radius 1 is 1.32 bits per heavy atom. The standard InChI is InChI=1S/C16H19N3/c1-5-15-13(3)19(11-18-16(15)17-4)12(2)14-9-7-6-8-10-14/h5-12,17H,1,3H2,2,4H3. The molecule has 0 bridgehead atoms. The van der Waals surface area contributed by atoms with E-state index < -0.39 is 0 Å². The zero-order valence-corrected chi connectivity index (χ0v) is 11.4. The van der Waals surface area contributed by atoms with Crippen LogP contribution in [0.3, 0.4) is 0 Å². The van der Waals surface area contributed by atoms with Crippen LogP contribution in [-0.4, -0.2) is 18.3 Å². The summed E-state index contributed by atoms with van der Waals surface area (Å²) in [6.07, 6.45) is 3.61. The fourth-order valence-electron chi connectivity index (χ4n) is 2.17. The predicted octanol–water partition coefficient (Wildman–Crippen LogP) is 3.22. The maximum Gasteiger partial charge on any atom is 0.136 e. The maximum absolute atomic E-state index is 4.42. The Hall–Kier alpha value is -2.29. The van der Waals surface area contributed by atoms with Gasteiger partial charge in [0.25, 0.3) is 0 Å². The van der Waals surface area contributed by atoms with Crippen LogP contribution in [0, 0.1) is 0 Å². The topological polar surface area (TPSA) is 27.6 Å². The van der Waals surface area contributed by atoms with Crippen molar-refractivity contribution in [1.82, 2.24) is 10.2 Å². The predicted molar refractivity (Wildman–Crippen MR) is 80.6 cm³/mol. The summed E-state index contributed by atoms with van der Waals surface area (Å²) in [5, 5.41) is 3.06. The minimum Gasteiger partial charge on any atom is -0.373 e. The molecular weight excluding hydrogens is 234 g/mol. The van der Waals surface area contributed by atoms with Gasteiger partial charge in [-0.05, 0) is 12.5 Å². The molecule has 1 unspecified atom stereocenters. The molecule has 1 atom stereocenters. The molecule has 0 amide bonds. The number of hydrogen-bond acceptors (Lipinski definition) is 3. The Morgan fingerprint density at radius 3 is 2.58 bits per heavy atom.